The number of nitrogens with one attached hydrogen (secondary N) is 1. The van der Waals surface area contributed by atoms with Crippen LogP contribution in [-0.4, -0.2) is 11.8 Å². The van der Waals surface area contributed by atoms with Gasteiger partial charge in [-0.1, -0.05) is 60.7 Å². The van der Waals surface area contributed by atoms with Crippen LogP contribution in [0.5, 0.6) is 0 Å². The van der Waals surface area contributed by atoms with E-state index in [-0.39, 0.29) is 0 Å². The summed E-state index contributed by atoms with van der Waals surface area (Å²) in [6.45, 7) is 0. The van der Waals surface area contributed by atoms with Crippen LogP contribution in [0.15, 0.2) is 66.7 Å². The molecule has 0 aromatic heterocycles. The molecule has 0 spiro atoms. The van der Waals surface area contributed by atoms with Gasteiger partial charge in [-0.25, -0.2) is 0 Å². The van der Waals surface area contributed by atoms with E-state index in [4.69, 9.17) is 0 Å². The smallest absolute Gasteiger partial charge is 0.153 e. The van der Waals surface area contributed by atoms with Crippen molar-refractivity contribution < 1.29 is 4.79 Å². The van der Waals surface area contributed by atoms with Gasteiger partial charge in [0.1, 0.15) is 5.54 Å². The number of benzene rings is 2. The molecule has 1 aliphatic rings. The van der Waals surface area contributed by atoms with Gasteiger partial charge in [0.15, 0.2) is 6.29 Å². The maximum absolute atomic E-state index is 11.5. The first-order valence-electron chi connectivity index (χ1n) is 6.58. The standard InChI is InChI=1S/C18H15NO/c20-14-18(12-10-15-6-2-1-3-7-15)13-11-16-8-4-5-9-17(16)19-18/h1-14,19H. The molecule has 2 heteroatoms. The highest BCUT2D eigenvalue weighted by atomic mass is 16.1. The highest BCUT2D eigenvalue weighted by molar-refractivity contribution is 5.87. The van der Waals surface area contributed by atoms with Crippen molar-refractivity contribution in [2.24, 2.45) is 0 Å². The molecule has 2 aromatic rings. The number of para-hydroxylation sites is 1. The van der Waals surface area contributed by atoms with Crippen LogP contribution < -0.4 is 5.32 Å². The van der Waals surface area contributed by atoms with Crippen LogP contribution in [0.3, 0.4) is 0 Å². The van der Waals surface area contributed by atoms with Crippen LogP contribution in [0.4, 0.5) is 5.69 Å². The van der Waals surface area contributed by atoms with Gasteiger partial charge in [-0.05, 0) is 29.3 Å². The summed E-state index contributed by atoms with van der Waals surface area (Å²) in [7, 11) is 0. The van der Waals surface area contributed by atoms with E-state index in [9.17, 15) is 4.79 Å². The van der Waals surface area contributed by atoms with Gasteiger partial charge in [0.25, 0.3) is 0 Å². The predicted octanol–water partition coefficient (Wildman–Crippen LogP) is 3.78. The lowest BCUT2D eigenvalue weighted by molar-refractivity contribution is -0.109. The Hall–Kier alpha value is -2.61. The molecule has 1 atom stereocenters. The molecule has 20 heavy (non-hydrogen) atoms. The average molecular weight is 261 g/mol. The normalized spacial score (nSPS) is 20.4. The summed E-state index contributed by atoms with van der Waals surface area (Å²) in [5, 5.41) is 3.29. The molecule has 1 unspecified atom stereocenters. The number of carbonyl (C=O) groups excluding carboxylic acids is 1. The molecule has 98 valence electrons. The number of fused-ring (bicyclic) bond motifs is 1. The van der Waals surface area contributed by atoms with E-state index >= 15 is 0 Å². The second-order valence-electron chi connectivity index (χ2n) is 4.84. The third-order valence-electron chi connectivity index (χ3n) is 3.40. The molecular weight excluding hydrogens is 246 g/mol. The maximum Gasteiger partial charge on any atom is 0.153 e. The summed E-state index contributed by atoms with van der Waals surface area (Å²) < 4.78 is 0. The van der Waals surface area contributed by atoms with Gasteiger partial charge < -0.3 is 5.32 Å². The molecule has 1 aliphatic heterocycles. The minimum absolute atomic E-state index is 0.774. The zero-order chi connectivity index (χ0) is 13.8. The Bertz CT molecular complexity index is 673. The minimum atomic E-state index is -0.774. The fourth-order valence-electron chi connectivity index (χ4n) is 2.26. The van der Waals surface area contributed by atoms with Crippen molar-refractivity contribution in [3.05, 3.63) is 77.9 Å². The second-order valence-corrected chi connectivity index (χ2v) is 4.84. The predicted molar refractivity (Wildman–Crippen MR) is 83.4 cm³/mol. The van der Waals surface area contributed by atoms with E-state index in [1.807, 2.05) is 78.9 Å². The van der Waals surface area contributed by atoms with Crippen LogP contribution >= 0.6 is 0 Å². The van der Waals surface area contributed by atoms with Gasteiger partial charge in [0, 0.05) is 5.69 Å². The van der Waals surface area contributed by atoms with Gasteiger partial charge >= 0.3 is 0 Å². The van der Waals surface area contributed by atoms with Crippen LogP contribution in [-0.2, 0) is 4.79 Å². The third kappa shape index (κ3) is 2.41. The Labute approximate surface area is 118 Å². The third-order valence-corrected chi connectivity index (χ3v) is 3.40. The summed E-state index contributed by atoms with van der Waals surface area (Å²) in [6, 6.07) is 17.9. The number of hydrogen-bond donors (Lipinski definition) is 1. The van der Waals surface area contributed by atoms with Crippen molar-refractivity contribution in [2.75, 3.05) is 5.32 Å². The summed E-state index contributed by atoms with van der Waals surface area (Å²) in [5.74, 6) is 0. The fourth-order valence-corrected chi connectivity index (χ4v) is 2.26. The first-order valence-corrected chi connectivity index (χ1v) is 6.58. The molecule has 0 bridgehead atoms. The summed E-state index contributed by atoms with van der Waals surface area (Å²) in [6.07, 6.45) is 8.65. The van der Waals surface area contributed by atoms with Crippen LogP contribution in [0.2, 0.25) is 0 Å². The zero-order valence-corrected chi connectivity index (χ0v) is 11.0. The molecule has 2 nitrogen and oxygen atoms in total. The molecule has 0 amide bonds. The van der Waals surface area contributed by atoms with Crippen LogP contribution in [0.25, 0.3) is 12.2 Å². The van der Waals surface area contributed by atoms with Gasteiger partial charge in [-0.3, -0.25) is 4.79 Å². The minimum Gasteiger partial charge on any atom is -0.366 e. The lowest BCUT2D eigenvalue weighted by atomic mass is 9.93. The summed E-state index contributed by atoms with van der Waals surface area (Å²) in [4.78, 5) is 11.5. The van der Waals surface area contributed by atoms with E-state index in [0.29, 0.717) is 0 Å². The summed E-state index contributed by atoms with van der Waals surface area (Å²) in [5.41, 5.74) is 2.37. The highest BCUT2D eigenvalue weighted by Gasteiger charge is 2.26. The quantitative estimate of drug-likeness (QED) is 0.852. The maximum atomic E-state index is 11.5. The Morgan fingerprint density at radius 1 is 0.950 bits per heavy atom. The second kappa shape index (κ2) is 5.17. The Kier molecular flexibility index (Phi) is 3.21. The van der Waals surface area contributed by atoms with E-state index in [2.05, 4.69) is 5.32 Å². The molecule has 0 saturated carbocycles. The van der Waals surface area contributed by atoms with Crippen molar-refractivity contribution in [1.29, 1.82) is 0 Å². The highest BCUT2D eigenvalue weighted by Crippen LogP contribution is 2.28. The average Bonchev–Trinajstić information content (AvgIpc) is 2.54. The van der Waals surface area contributed by atoms with Crippen molar-refractivity contribution in [3.8, 4) is 0 Å². The summed E-state index contributed by atoms with van der Waals surface area (Å²) >= 11 is 0. The topological polar surface area (TPSA) is 29.1 Å². The first kappa shape index (κ1) is 12.4. The number of rotatable bonds is 3. The van der Waals surface area contributed by atoms with E-state index in [0.717, 1.165) is 23.1 Å². The molecule has 1 N–H and O–H groups in total. The van der Waals surface area contributed by atoms with Gasteiger partial charge in [0.05, 0.1) is 0 Å². The van der Waals surface area contributed by atoms with Gasteiger partial charge in [0.2, 0.25) is 0 Å². The van der Waals surface area contributed by atoms with E-state index < -0.39 is 5.54 Å². The molecule has 1 heterocycles. The molecule has 0 aliphatic carbocycles. The number of aldehydes is 1. The Morgan fingerprint density at radius 2 is 1.70 bits per heavy atom. The van der Waals surface area contributed by atoms with Crippen LogP contribution in [0, 0.1) is 0 Å². The lowest BCUT2D eigenvalue weighted by Gasteiger charge is -2.28. The lowest BCUT2D eigenvalue weighted by Crippen LogP contribution is -2.37. The monoisotopic (exact) mass is 261 g/mol. The Balaban J connectivity index is 1.91. The first-order chi connectivity index (χ1) is 9.81. The van der Waals surface area contributed by atoms with E-state index in [1.165, 1.54) is 0 Å². The van der Waals surface area contributed by atoms with Gasteiger partial charge in [-0.2, -0.15) is 0 Å². The van der Waals surface area contributed by atoms with Crippen molar-refractivity contribution in [1.82, 2.24) is 0 Å². The van der Waals surface area contributed by atoms with E-state index in [1.54, 1.807) is 0 Å². The zero-order valence-electron chi connectivity index (χ0n) is 11.0. The Morgan fingerprint density at radius 3 is 2.50 bits per heavy atom. The number of hydrogen-bond acceptors (Lipinski definition) is 2. The molecule has 0 saturated heterocycles. The molecular formula is C18H15NO. The molecule has 2 aromatic carbocycles. The SMILES string of the molecule is O=CC1(C=Cc2ccccc2)C=Cc2ccccc2N1. The molecule has 0 radical (unpaired) electrons. The van der Waals surface area contributed by atoms with Gasteiger partial charge in [-0.15, -0.1) is 0 Å². The number of carbonyl (C=O) groups is 1. The largest absolute Gasteiger partial charge is 0.366 e. The molecule has 0 fully saturated rings. The van der Waals surface area contributed by atoms with Crippen molar-refractivity contribution in [2.45, 2.75) is 5.54 Å². The van der Waals surface area contributed by atoms with Crippen molar-refractivity contribution >= 4 is 24.1 Å². The van der Waals surface area contributed by atoms with Crippen LogP contribution in [0.1, 0.15) is 11.1 Å². The fraction of sp³-hybridized carbons (Fsp3) is 0.0556. The number of anilines is 1. The van der Waals surface area contributed by atoms with Crippen molar-refractivity contribution in [3.63, 3.8) is 0 Å². The molecule has 3 rings (SSSR count).